The number of halogens is 1. The number of hydrogen-bond acceptors (Lipinski definition) is 3. The van der Waals surface area contributed by atoms with Crippen molar-refractivity contribution in [2.75, 3.05) is 13.1 Å². The molecule has 1 amide bonds. The van der Waals surface area contributed by atoms with Crippen LogP contribution in [0.1, 0.15) is 42.5 Å². The first-order valence-corrected chi connectivity index (χ1v) is 12.0. The quantitative estimate of drug-likeness (QED) is 0.694. The molecule has 0 aromatic heterocycles. The third-order valence-corrected chi connectivity index (χ3v) is 8.09. The zero-order valence-corrected chi connectivity index (χ0v) is 19.4. The molecule has 1 fully saturated rings. The van der Waals surface area contributed by atoms with Crippen molar-refractivity contribution in [2.24, 2.45) is 5.92 Å². The molecule has 0 radical (unpaired) electrons. The summed E-state index contributed by atoms with van der Waals surface area (Å²) in [6.45, 7) is 6.56. The van der Waals surface area contributed by atoms with Crippen LogP contribution in [0.4, 0.5) is 0 Å². The van der Waals surface area contributed by atoms with Crippen LogP contribution in [-0.2, 0) is 14.8 Å². The molecule has 156 valence electrons. The molecule has 29 heavy (non-hydrogen) atoms. The predicted octanol–water partition coefficient (Wildman–Crippen LogP) is 4.34. The maximum absolute atomic E-state index is 12.9. The van der Waals surface area contributed by atoms with Gasteiger partial charge < -0.3 is 5.32 Å². The Morgan fingerprint density at radius 1 is 1.07 bits per heavy atom. The summed E-state index contributed by atoms with van der Waals surface area (Å²) in [6, 6.07) is 13.0. The number of nitrogens with one attached hydrogen (secondary N) is 1. The average molecular weight is 479 g/mol. The third kappa shape index (κ3) is 5.08. The number of rotatable bonds is 5. The van der Waals surface area contributed by atoms with Crippen molar-refractivity contribution in [3.05, 3.63) is 63.6 Å². The second kappa shape index (κ2) is 8.98. The molecule has 0 aliphatic carbocycles. The van der Waals surface area contributed by atoms with Crippen molar-refractivity contribution < 1.29 is 13.2 Å². The zero-order valence-electron chi connectivity index (χ0n) is 17.0. The van der Waals surface area contributed by atoms with E-state index in [1.165, 1.54) is 4.31 Å². The van der Waals surface area contributed by atoms with Gasteiger partial charge in [-0.1, -0.05) is 34.1 Å². The van der Waals surface area contributed by atoms with E-state index in [1.807, 2.05) is 51.1 Å². The van der Waals surface area contributed by atoms with Gasteiger partial charge in [0.25, 0.3) is 0 Å². The van der Waals surface area contributed by atoms with Crippen LogP contribution in [0.5, 0.6) is 0 Å². The predicted molar refractivity (Wildman–Crippen MR) is 118 cm³/mol. The lowest BCUT2D eigenvalue weighted by Gasteiger charge is -2.31. The Balaban J connectivity index is 1.60. The SMILES string of the molecule is Cc1ccc(S(=O)(=O)N2CCC(C(=O)NC(C)c3ccc(Br)cc3)CC2)cc1C. The van der Waals surface area contributed by atoms with E-state index in [2.05, 4.69) is 21.2 Å². The topological polar surface area (TPSA) is 66.5 Å². The van der Waals surface area contributed by atoms with E-state index in [0.29, 0.717) is 30.8 Å². The molecule has 2 aromatic carbocycles. The molecule has 1 atom stereocenters. The van der Waals surface area contributed by atoms with Gasteiger partial charge in [-0.25, -0.2) is 8.42 Å². The molecule has 1 saturated heterocycles. The fourth-order valence-corrected chi connectivity index (χ4v) is 5.37. The summed E-state index contributed by atoms with van der Waals surface area (Å²) in [5.41, 5.74) is 3.07. The summed E-state index contributed by atoms with van der Waals surface area (Å²) in [5.74, 6) is -0.178. The highest BCUT2D eigenvalue weighted by molar-refractivity contribution is 9.10. The van der Waals surface area contributed by atoms with Crippen LogP contribution >= 0.6 is 15.9 Å². The van der Waals surface area contributed by atoms with Crippen molar-refractivity contribution in [2.45, 2.75) is 44.6 Å². The minimum Gasteiger partial charge on any atom is -0.349 e. The second-order valence-corrected chi connectivity index (χ2v) is 10.6. The van der Waals surface area contributed by atoms with E-state index in [9.17, 15) is 13.2 Å². The van der Waals surface area contributed by atoms with Crippen molar-refractivity contribution in [3.8, 4) is 0 Å². The Morgan fingerprint density at radius 2 is 1.69 bits per heavy atom. The number of aryl methyl sites for hydroxylation is 2. The molecule has 2 aromatic rings. The minimum absolute atomic E-state index is 0.0105. The minimum atomic E-state index is -3.52. The maximum Gasteiger partial charge on any atom is 0.243 e. The largest absolute Gasteiger partial charge is 0.349 e. The van der Waals surface area contributed by atoms with Gasteiger partial charge in [-0.3, -0.25) is 4.79 Å². The number of benzene rings is 2. The molecule has 3 rings (SSSR count). The molecular weight excluding hydrogens is 452 g/mol. The van der Waals surface area contributed by atoms with E-state index >= 15 is 0 Å². The monoisotopic (exact) mass is 478 g/mol. The first kappa shape index (κ1) is 22.0. The fraction of sp³-hybridized carbons (Fsp3) is 0.409. The highest BCUT2D eigenvalue weighted by atomic mass is 79.9. The van der Waals surface area contributed by atoms with Gasteiger partial charge in [-0.15, -0.1) is 0 Å². The van der Waals surface area contributed by atoms with Crippen LogP contribution in [-0.4, -0.2) is 31.7 Å². The highest BCUT2D eigenvalue weighted by Gasteiger charge is 2.32. The summed E-state index contributed by atoms with van der Waals surface area (Å²) in [6.07, 6.45) is 1.06. The molecule has 1 heterocycles. The van der Waals surface area contributed by atoms with E-state index in [4.69, 9.17) is 0 Å². The van der Waals surface area contributed by atoms with Crippen LogP contribution in [0.15, 0.2) is 51.8 Å². The Bertz CT molecular complexity index is 982. The number of sulfonamides is 1. The molecule has 1 unspecified atom stereocenters. The number of amides is 1. The number of piperidine rings is 1. The Labute approximate surface area is 181 Å². The Hall–Kier alpha value is -1.70. The zero-order chi connectivity index (χ0) is 21.2. The molecule has 0 bridgehead atoms. The smallest absolute Gasteiger partial charge is 0.243 e. The third-order valence-electron chi connectivity index (χ3n) is 5.67. The lowest BCUT2D eigenvalue weighted by atomic mass is 9.96. The van der Waals surface area contributed by atoms with Crippen molar-refractivity contribution >= 4 is 31.9 Å². The van der Waals surface area contributed by atoms with E-state index in [1.54, 1.807) is 12.1 Å². The molecule has 1 N–H and O–H groups in total. The van der Waals surface area contributed by atoms with Crippen LogP contribution < -0.4 is 5.32 Å². The number of nitrogens with zero attached hydrogens (tertiary/aromatic N) is 1. The van der Waals surface area contributed by atoms with Gasteiger partial charge in [-0.2, -0.15) is 4.31 Å². The van der Waals surface area contributed by atoms with Crippen molar-refractivity contribution in [1.82, 2.24) is 9.62 Å². The molecule has 7 heteroatoms. The number of carbonyl (C=O) groups is 1. The van der Waals surface area contributed by atoms with Gasteiger partial charge in [0, 0.05) is 23.5 Å². The molecule has 1 aliphatic rings. The van der Waals surface area contributed by atoms with Gasteiger partial charge in [0.2, 0.25) is 15.9 Å². The molecule has 1 aliphatic heterocycles. The van der Waals surface area contributed by atoms with E-state index in [0.717, 1.165) is 21.2 Å². The summed E-state index contributed by atoms with van der Waals surface area (Å²) in [7, 11) is -3.52. The van der Waals surface area contributed by atoms with Crippen LogP contribution in [0, 0.1) is 19.8 Å². The van der Waals surface area contributed by atoms with E-state index in [-0.39, 0.29) is 17.9 Å². The van der Waals surface area contributed by atoms with Gasteiger partial charge in [0.05, 0.1) is 10.9 Å². The summed E-state index contributed by atoms with van der Waals surface area (Å²) in [5, 5.41) is 3.06. The molecule has 0 spiro atoms. The lowest BCUT2D eigenvalue weighted by Crippen LogP contribution is -2.43. The first-order chi connectivity index (χ1) is 13.7. The Morgan fingerprint density at radius 3 is 2.28 bits per heavy atom. The lowest BCUT2D eigenvalue weighted by molar-refractivity contribution is -0.126. The second-order valence-electron chi connectivity index (χ2n) is 7.71. The standard InChI is InChI=1S/C22H27BrN2O3S/c1-15-4-9-21(14-16(15)2)29(27,28)25-12-10-19(11-13-25)22(26)24-17(3)18-5-7-20(23)8-6-18/h4-9,14,17,19H,10-13H2,1-3H3,(H,24,26). The first-order valence-electron chi connectivity index (χ1n) is 9.81. The van der Waals surface area contributed by atoms with E-state index < -0.39 is 10.0 Å². The van der Waals surface area contributed by atoms with Crippen LogP contribution in [0.25, 0.3) is 0 Å². The van der Waals surface area contributed by atoms with Crippen LogP contribution in [0.2, 0.25) is 0 Å². The average Bonchev–Trinajstić information content (AvgIpc) is 2.70. The van der Waals surface area contributed by atoms with Gasteiger partial charge >= 0.3 is 0 Å². The summed E-state index contributed by atoms with van der Waals surface area (Å²) < 4.78 is 28.4. The molecule has 5 nitrogen and oxygen atoms in total. The fourth-order valence-electron chi connectivity index (χ4n) is 3.55. The number of carbonyl (C=O) groups excluding carboxylic acids is 1. The normalized spacial score (nSPS) is 17.1. The van der Waals surface area contributed by atoms with Crippen molar-refractivity contribution in [1.29, 1.82) is 0 Å². The maximum atomic E-state index is 12.9. The molecular formula is C22H27BrN2O3S. The van der Waals surface area contributed by atoms with Gasteiger partial charge in [0.1, 0.15) is 0 Å². The van der Waals surface area contributed by atoms with Gasteiger partial charge in [-0.05, 0) is 74.6 Å². The van der Waals surface area contributed by atoms with Gasteiger partial charge in [0.15, 0.2) is 0 Å². The highest BCUT2D eigenvalue weighted by Crippen LogP contribution is 2.26. The van der Waals surface area contributed by atoms with Crippen molar-refractivity contribution in [3.63, 3.8) is 0 Å². The van der Waals surface area contributed by atoms with Crippen LogP contribution in [0.3, 0.4) is 0 Å². The summed E-state index contributed by atoms with van der Waals surface area (Å²) >= 11 is 3.41. The summed E-state index contributed by atoms with van der Waals surface area (Å²) in [4.78, 5) is 13.0. The molecule has 0 saturated carbocycles. The Kier molecular flexibility index (Phi) is 6.81. The number of hydrogen-bond donors (Lipinski definition) is 1.